The number of rotatable bonds is 8. The highest BCUT2D eigenvalue weighted by molar-refractivity contribution is 5.80. The highest BCUT2D eigenvalue weighted by atomic mass is 16.6. The number of nitriles is 1. The Hall–Kier alpha value is -4.76. The molecule has 4 aromatic carbocycles. The Labute approximate surface area is 216 Å². The van der Waals surface area contributed by atoms with Crippen molar-refractivity contribution in [1.29, 1.82) is 5.26 Å². The largest absolute Gasteiger partial charge is 0.488 e. The fraction of sp³-hybridized carbons (Fsp3) is 0.161. The van der Waals surface area contributed by atoms with Crippen LogP contribution in [0.1, 0.15) is 32.6 Å². The summed E-state index contributed by atoms with van der Waals surface area (Å²) < 4.78 is 17.4. The molecule has 1 heterocycles. The van der Waals surface area contributed by atoms with E-state index in [0.29, 0.717) is 36.6 Å². The second-order valence-corrected chi connectivity index (χ2v) is 8.77. The van der Waals surface area contributed by atoms with Gasteiger partial charge in [-0.2, -0.15) is 5.26 Å². The van der Waals surface area contributed by atoms with Crippen LogP contribution in [-0.2, 0) is 13.2 Å². The van der Waals surface area contributed by atoms with Gasteiger partial charge in [-0.3, -0.25) is 4.79 Å². The lowest BCUT2D eigenvalue weighted by atomic mass is 9.96. The summed E-state index contributed by atoms with van der Waals surface area (Å²) >= 11 is 0. The van der Waals surface area contributed by atoms with Gasteiger partial charge in [-0.1, -0.05) is 36.4 Å². The molecule has 1 aliphatic rings. The number of benzene rings is 4. The number of aldehydes is 1. The quantitative estimate of drug-likeness (QED) is 0.292. The Morgan fingerprint density at radius 2 is 1.81 bits per heavy atom. The molecule has 0 spiro atoms. The molecule has 0 amide bonds. The summed E-state index contributed by atoms with van der Waals surface area (Å²) in [5.74, 6) is 2.04. The number of hydrogen-bond donors (Lipinski definition) is 1. The molecule has 0 aromatic heterocycles. The van der Waals surface area contributed by atoms with Gasteiger partial charge in [-0.25, -0.2) is 0 Å². The van der Waals surface area contributed by atoms with E-state index in [2.05, 4.69) is 42.6 Å². The molecule has 0 bridgehead atoms. The van der Waals surface area contributed by atoms with Crippen LogP contribution >= 0.6 is 0 Å². The van der Waals surface area contributed by atoms with Crippen LogP contribution in [0.5, 0.6) is 17.2 Å². The number of carbonyl (C=O) groups excluding carboxylic acids is 1. The lowest BCUT2D eigenvalue weighted by Crippen LogP contribution is -2.15. The van der Waals surface area contributed by atoms with Crippen molar-refractivity contribution in [3.05, 3.63) is 107 Å². The van der Waals surface area contributed by atoms with Crippen LogP contribution < -0.4 is 19.5 Å². The molecule has 0 fully saturated rings. The number of ether oxygens (including phenoxy) is 3. The first-order chi connectivity index (χ1) is 18.1. The van der Waals surface area contributed by atoms with Crippen LogP contribution in [0.15, 0.2) is 78.9 Å². The van der Waals surface area contributed by atoms with Gasteiger partial charge < -0.3 is 19.5 Å². The van der Waals surface area contributed by atoms with Crippen molar-refractivity contribution >= 4 is 12.0 Å². The molecule has 0 atom stereocenters. The maximum Gasteiger partial charge on any atom is 0.161 e. The normalized spacial score (nSPS) is 11.9. The standard InChI is InChI=1S/C31H26N2O4/c1-21-25(6-3-7-28(21)24-9-11-29-31(15-24)36-13-12-35-29)18-33-27-10-8-26(19-34)30(16-27)37-20-23-5-2-4-22(14-23)17-32/h2-11,14-16,19,33H,12-13,18,20H2,1H3. The van der Waals surface area contributed by atoms with E-state index in [1.165, 1.54) is 5.56 Å². The summed E-state index contributed by atoms with van der Waals surface area (Å²) in [6, 6.07) is 27.1. The Morgan fingerprint density at radius 1 is 0.973 bits per heavy atom. The number of nitrogens with one attached hydrogen (secondary N) is 1. The van der Waals surface area contributed by atoms with E-state index >= 15 is 0 Å². The van der Waals surface area contributed by atoms with Crippen LogP contribution in [-0.4, -0.2) is 19.5 Å². The van der Waals surface area contributed by atoms with Crippen LogP contribution in [0.3, 0.4) is 0 Å². The zero-order chi connectivity index (χ0) is 25.6. The van der Waals surface area contributed by atoms with Crippen molar-refractivity contribution in [3.63, 3.8) is 0 Å². The van der Waals surface area contributed by atoms with Gasteiger partial charge in [0, 0.05) is 18.3 Å². The molecule has 0 saturated heterocycles. The lowest BCUT2D eigenvalue weighted by molar-refractivity contribution is 0.111. The Morgan fingerprint density at radius 3 is 2.65 bits per heavy atom. The molecule has 0 radical (unpaired) electrons. The Bertz CT molecular complexity index is 1490. The van der Waals surface area contributed by atoms with Crippen LogP contribution in [0.2, 0.25) is 0 Å². The molecule has 0 unspecified atom stereocenters. The third-order valence-electron chi connectivity index (χ3n) is 6.37. The molecule has 37 heavy (non-hydrogen) atoms. The lowest BCUT2D eigenvalue weighted by Gasteiger charge is -2.20. The zero-order valence-corrected chi connectivity index (χ0v) is 20.5. The number of hydrogen-bond acceptors (Lipinski definition) is 6. The summed E-state index contributed by atoms with van der Waals surface area (Å²) in [4.78, 5) is 11.6. The first-order valence-corrected chi connectivity index (χ1v) is 12.1. The number of nitrogens with zero attached hydrogens (tertiary/aromatic N) is 1. The van der Waals surface area contributed by atoms with Gasteiger partial charge >= 0.3 is 0 Å². The molecule has 6 nitrogen and oxygen atoms in total. The van der Waals surface area contributed by atoms with Gasteiger partial charge in [0.25, 0.3) is 0 Å². The monoisotopic (exact) mass is 490 g/mol. The second kappa shape index (κ2) is 10.9. The molecule has 0 aliphatic carbocycles. The average molecular weight is 491 g/mol. The predicted octanol–water partition coefficient (Wildman–Crippen LogP) is 6.31. The van der Waals surface area contributed by atoms with Gasteiger partial charge in [0.05, 0.1) is 17.2 Å². The Kier molecular flexibility index (Phi) is 7.05. The molecular weight excluding hydrogens is 464 g/mol. The predicted molar refractivity (Wildman–Crippen MR) is 142 cm³/mol. The van der Waals surface area contributed by atoms with Crippen molar-refractivity contribution in [1.82, 2.24) is 0 Å². The van der Waals surface area contributed by atoms with E-state index in [0.717, 1.165) is 45.7 Å². The van der Waals surface area contributed by atoms with Gasteiger partial charge in [0.2, 0.25) is 0 Å². The van der Waals surface area contributed by atoms with E-state index in [-0.39, 0.29) is 6.61 Å². The smallest absolute Gasteiger partial charge is 0.161 e. The third-order valence-corrected chi connectivity index (χ3v) is 6.37. The SMILES string of the molecule is Cc1c(CNc2ccc(C=O)c(OCc3cccc(C#N)c3)c2)cccc1-c1ccc2c(c1)OCCO2. The number of carbonyl (C=O) groups is 1. The van der Waals surface area contributed by atoms with E-state index in [4.69, 9.17) is 19.5 Å². The molecule has 6 heteroatoms. The number of anilines is 1. The minimum atomic E-state index is 0.260. The maximum absolute atomic E-state index is 11.6. The first-order valence-electron chi connectivity index (χ1n) is 12.1. The first kappa shape index (κ1) is 24.0. The molecule has 5 rings (SSSR count). The molecule has 184 valence electrons. The van der Waals surface area contributed by atoms with Gasteiger partial charge in [0.1, 0.15) is 25.6 Å². The molecule has 1 N–H and O–H groups in total. The average Bonchev–Trinajstić information content (AvgIpc) is 2.95. The number of fused-ring (bicyclic) bond motifs is 1. The second-order valence-electron chi connectivity index (χ2n) is 8.77. The summed E-state index contributed by atoms with van der Waals surface area (Å²) in [7, 11) is 0. The fourth-order valence-corrected chi connectivity index (χ4v) is 4.35. The molecule has 0 saturated carbocycles. The van der Waals surface area contributed by atoms with Crippen LogP contribution in [0.4, 0.5) is 5.69 Å². The van der Waals surface area contributed by atoms with Gasteiger partial charge in [0.15, 0.2) is 17.8 Å². The van der Waals surface area contributed by atoms with Gasteiger partial charge in [-0.15, -0.1) is 0 Å². The topological polar surface area (TPSA) is 80.6 Å². The maximum atomic E-state index is 11.6. The van der Waals surface area contributed by atoms with Crippen molar-refractivity contribution in [2.75, 3.05) is 18.5 Å². The summed E-state index contributed by atoms with van der Waals surface area (Å²) in [6.07, 6.45) is 0.784. The van der Waals surface area contributed by atoms with Crippen molar-refractivity contribution in [2.45, 2.75) is 20.1 Å². The fourth-order valence-electron chi connectivity index (χ4n) is 4.35. The van der Waals surface area contributed by atoms with Gasteiger partial charge in [-0.05, 0) is 71.1 Å². The minimum absolute atomic E-state index is 0.260. The highest BCUT2D eigenvalue weighted by Crippen LogP contribution is 2.36. The van der Waals surface area contributed by atoms with E-state index in [1.807, 2.05) is 36.4 Å². The van der Waals surface area contributed by atoms with Crippen LogP contribution in [0.25, 0.3) is 11.1 Å². The third kappa shape index (κ3) is 5.41. The summed E-state index contributed by atoms with van der Waals surface area (Å²) in [5, 5.41) is 12.6. The molecule has 1 aliphatic heterocycles. The summed E-state index contributed by atoms with van der Waals surface area (Å²) in [6.45, 7) is 4.11. The summed E-state index contributed by atoms with van der Waals surface area (Å²) in [5.41, 5.74) is 7.29. The minimum Gasteiger partial charge on any atom is -0.488 e. The van der Waals surface area contributed by atoms with Crippen molar-refractivity contribution in [2.24, 2.45) is 0 Å². The van der Waals surface area contributed by atoms with Crippen molar-refractivity contribution in [3.8, 4) is 34.4 Å². The van der Waals surface area contributed by atoms with E-state index in [1.54, 1.807) is 18.2 Å². The van der Waals surface area contributed by atoms with Crippen molar-refractivity contribution < 1.29 is 19.0 Å². The molecule has 4 aromatic rings. The van der Waals surface area contributed by atoms with E-state index in [9.17, 15) is 4.79 Å². The Balaban J connectivity index is 1.31. The zero-order valence-electron chi connectivity index (χ0n) is 20.5. The highest BCUT2D eigenvalue weighted by Gasteiger charge is 2.14. The molecular formula is C31H26N2O4. The van der Waals surface area contributed by atoms with E-state index < -0.39 is 0 Å². The van der Waals surface area contributed by atoms with Crippen LogP contribution in [0, 0.1) is 18.3 Å².